The number of fused-ring (bicyclic) bond motifs is 1. The molecule has 47 heavy (non-hydrogen) atoms. The number of esters is 2. The second-order valence-electron chi connectivity index (χ2n) is 14.8. The zero-order valence-corrected chi connectivity index (χ0v) is 29.2. The van der Waals surface area contributed by atoms with Crippen molar-refractivity contribution in [1.82, 2.24) is 9.47 Å². The summed E-state index contributed by atoms with van der Waals surface area (Å²) in [5.41, 5.74) is 4.09. The van der Waals surface area contributed by atoms with Gasteiger partial charge in [0.25, 0.3) is 0 Å². The van der Waals surface area contributed by atoms with Crippen molar-refractivity contribution < 1.29 is 23.8 Å². The molecule has 1 aliphatic heterocycles. The van der Waals surface area contributed by atoms with Crippen molar-refractivity contribution >= 4 is 22.8 Å². The third-order valence-electron chi connectivity index (χ3n) is 8.70. The summed E-state index contributed by atoms with van der Waals surface area (Å²) in [5.74, 6) is 1.36. The fourth-order valence-electron chi connectivity index (χ4n) is 5.83. The third kappa shape index (κ3) is 8.63. The standard InChI is InChI=1S/C40H50N2O5/c1-28-34-26-33(47-38(44)40(5,6)7)20-21-35(34)42(36(28)30-14-18-32(19-15-30)46-37(43)39(2,3)4)27-29-12-16-31(17-13-29)45-25-24-41-22-10-8-9-11-23-41/h12-21,26H,8-11,22-25,27H2,1-7H3. The zero-order valence-electron chi connectivity index (χ0n) is 29.2. The number of likely N-dealkylation sites (tertiary alicyclic amines) is 1. The molecule has 1 saturated heterocycles. The molecule has 7 heteroatoms. The van der Waals surface area contributed by atoms with Crippen LogP contribution in [-0.4, -0.2) is 47.6 Å². The maximum atomic E-state index is 12.7. The Balaban J connectivity index is 1.41. The molecule has 0 unspecified atom stereocenters. The lowest BCUT2D eigenvalue weighted by molar-refractivity contribution is -0.143. The Bertz CT molecular complexity index is 1680. The van der Waals surface area contributed by atoms with Crippen LogP contribution in [-0.2, 0) is 16.1 Å². The predicted molar refractivity (Wildman–Crippen MR) is 188 cm³/mol. The molecule has 3 aromatic carbocycles. The van der Waals surface area contributed by atoms with Crippen LogP contribution in [0.1, 0.15) is 78.4 Å². The van der Waals surface area contributed by atoms with Crippen molar-refractivity contribution in [3.8, 4) is 28.5 Å². The fourth-order valence-corrected chi connectivity index (χ4v) is 5.83. The summed E-state index contributed by atoms with van der Waals surface area (Å²) in [5, 5.41) is 1.01. The van der Waals surface area contributed by atoms with Gasteiger partial charge in [-0.05, 0) is 146 Å². The minimum absolute atomic E-state index is 0.275. The van der Waals surface area contributed by atoms with E-state index in [0.717, 1.165) is 45.6 Å². The number of aromatic nitrogens is 1. The van der Waals surface area contributed by atoms with Crippen molar-refractivity contribution in [3.05, 3.63) is 77.9 Å². The van der Waals surface area contributed by atoms with Crippen molar-refractivity contribution in [1.29, 1.82) is 0 Å². The Labute approximate surface area is 279 Å². The lowest BCUT2D eigenvalue weighted by atomic mass is 9.97. The molecule has 2 heterocycles. The van der Waals surface area contributed by atoms with Crippen LogP contribution < -0.4 is 14.2 Å². The molecule has 0 saturated carbocycles. The van der Waals surface area contributed by atoms with Gasteiger partial charge < -0.3 is 18.8 Å². The third-order valence-corrected chi connectivity index (χ3v) is 8.70. The van der Waals surface area contributed by atoms with Gasteiger partial charge in [0.1, 0.15) is 23.9 Å². The summed E-state index contributed by atoms with van der Waals surface area (Å²) >= 11 is 0. The summed E-state index contributed by atoms with van der Waals surface area (Å²) in [6.45, 7) is 17.8. The molecule has 250 valence electrons. The molecule has 0 N–H and O–H groups in total. The van der Waals surface area contributed by atoms with Gasteiger partial charge in [0, 0.05) is 24.0 Å². The van der Waals surface area contributed by atoms with Gasteiger partial charge in [0.15, 0.2) is 0 Å². The lowest BCUT2D eigenvalue weighted by Crippen LogP contribution is -2.29. The number of ether oxygens (including phenoxy) is 3. The van der Waals surface area contributed by atoms with E-state index in [4.69, 9.17) is 14.2 Å². The van der Waals surface area contributed by atoms with Gasteiger partial charge in [-0.3, -0.25) is 14.5 Å². The van der Waals surface area contributed by atoms with E-state index in [1.54, 1.807) is 0 Å². The molecule has 1 fully saturated rings. The molecule has 5 rings (SSSR count). The first-order valence-corrected chi connectivity index (χ1v) is 16.9. The Kier molecular flexibility index (Phi) is 10.5. The van der Waals surface area contributed by atoms with Gasteiger partial charge in [-0.15, -0.1) is 0 Å². The van der Waals surface area contributed by atoms with Gasteiger partial charge in [-0.25, -0.2) is 0 Å². The highest BCUT2D eigenvalue weighted by Crippen LogP contribution is 2.37. The van der Waals surface area contributed by atoms with Crippen LogP contribution in [0, 0.1) is 17.8 Å². The molecule has 0 radical (unpaired) electrons. The van der Waals surface area contributed by atoms with Gasteiger partial charge >= 0.3 is 11.9 Å². The van der Waals surface area contributed by atoms with Crippen molar-refractivity contribution in [2.24, 2.45) is 10.8 Å². The van der Waals surface area contributed by atoms with E-state index < -0.39 is 10.8 Å². The van der Waals surface area contributed by atoms with Crippen molar-refractivity contribution in [3.63, 3.8) is 0 Å². The zero-order chi connectivity index (χ0) is 33.8. The molecular formula is C40H50N2O5. The number of aryl methyl sites for hydroxylation is 1. The minimum Gasteiger partial charge on any atom is -0.492 e. The second kappa shape index (κ2) is 14.3. The number of carbonyl (C=O) groups is 2. The van der Waals surface area contributed by atoms with Crippen LogP contribution in [0.5, 0.6) is 17.2 Å². The highest BCUT2D eigenvalue weighted by Gasteiger charge is 2.26. The molecule has 0 aliphatic carbocycles. The SMILES string of the molecule is Cc1c(-c2ccc(OC(=O)C(C)(C)C)cc2)n(Cc2ccc(OCCN3CCCCCC3)cc2)c2ccc(OC(=O)C(C)(C)C)cc12. The Morgan fingerprint density at radius 2 is 1.26 bits per heavy atom. The Morgan fingerprint density at radius 1 is 0.702 bits per heavy atom. The molecular weight excluding hydrogens is 588 g/mol. The van der Waals surface area contributed by atoms with Gasteiger partial charge in [-0.1, -0.05) is 25.0 Å². The predicted octanol–water partition coefficient (Wildman–Crippen LogP) is 8.82. The van der Waals surface area contributed by atoms with Crippen LogP contribution in [0.3, 0.4) is 0 Å². The van der Waals surface area contributed by atoms with E-state index in [2.05, 4.69) is 40.7 Å². The molecule has 1 aliphatic rings. The van der Waals surface area contributed by atoms with Crippen LogP contribution in [0.15, 0.2) is 66.7 Å². The van der Waals surface area contributed by atoms with Crippen LogP contribution in [0.25, 0.3) is 22.2 Å². The van der Waals surface area contributed by atoms with E-state index in [-0.39, 0.29) is 11.9 Å². The number of hydrogen-bond donors (Lipinski definition) is 0. The number of hydrogen-bond acceptors (Lipinski definition) is 6. The lowest BCUT2D eigenvalue weighted by Gasteiger charge is -2.19. The van der Waals surface area contributed by atoms with Gasteiger partial charge in [0.05, 0.1) is 16.5 Å². The molecule has 4 aromatic rings. The maximum Gasteiger partial charge on any atom is 0.316 e. The number of nitrogens with zero attached hydrogens (tertiary/aromatic N) is 2. The smallest absolute Gasteiger partial charge is 0.316 e. The molecule has 0 spiro atoms. The first-order chi connectivity index (χ1) is 22.3. The average molecular weight is 639 g/mol. The fraction of sp³-hybridized carbons (Fsp3) is 0.450. The number of rotatable bonds is 9. The van der Waals surface area contributed by atoms with E-state index in [0.29, 0.717) is 24.7 Å². The normalized spacial score (nSPS) is 14.5. The number of carbonyl (C=O) groups excluding carboxylic acids is 2. The Morgan fingerprint density at radius 3 is 1.85 bits per heavy atom. The van der Waals surface area contributed by atoms with E-state index in [1.807, 2.05) is 84.0 Å². The van der Waals surface area contributed by atoms with Crippen LogP contribution in [0.4, 0.5) is 0 Å². The quantitative estimate of drug-likeness (QED) is 0.135. The minimum atomic E-state index is -0.609. The van der Waals surface area contributed by atoms with Crippen molar-refractivity contribution in [2.45, 2.75) is 80.7 Å². The van der Waals surface area contributed by atoms with Gasteiger partial charge in [-0.2, -0.15) is 0 Å². The molecule has 1 aromatic heterocycles. The van der Waals surface area contributed by atoms with Gasteiger partial charge in [0.2, 0.25) is 0 Å². The van der Waals surface area contributed by atoms with Crippen LogP contribution in [0.2, 0.25) is 0 Å². The highest BCUT2D eigenvalue weighted by molar-refractivity contribution is 5.93. The summed E-state index contributed by atoms with van der Waals surface area (Å²) < 4.78 is 19.8. The van der Waals surface area contributed by atoms with E-state index in [1.165, 1.54) is 38.8 Å². The van der Waals surface area contributed by atoms with Crippen LogP contribution >= 0.6 is 0 Å². The summed E-state index contributed by atoms with van der Waals surface area (Å²) in [6, 6.07) is 21.9. The topological polar surface area (TPSA) is 70.0 Å². The monoisotopic (exact) mass is 638 g/mol. The average Bonchev–Trinajstić information content (AvgIpc) is 3.15. The highest BCUT2D eigenvalue weighted by atomic mass is 16.5. The summed E-state index contributed by atoms with van der Waals surface area (Å²) in [7, 11) is 0. The molecule has 0 bridgehead atoms. The number of benzene rings is 3. The summed E-state index contributed by atoms with van der Waals surface area (Å²) in [6.07, 6.45) is 5.23. The summed E-state index contributed by atoms with van der Waals surface area (Å²) in [4.78, 5) is 27.7. The maximum absolute atomic E-state index is 12.7. The van der Waals surface area contributed by atoms with E-state index in [9.17, 15) is 9.59 Å². The molecule has 7 nitrogen and oxygen atoms in total. The molecule has 0 amide bonds. The molecule has 0 atom stereocenters. The Hall–Kier alpha value is -4.10. The van der Waals surface area contributed by atoms with Crippen molar-refractivity contribution in [2.75, 3.05) is 26.2 Å². The first-order valence-electron chi connectivity index (χ1n) is 16.9. The first kappa shape index (κ1) is 34.2. The largest absolute Gasteiger partial charge is 0.492 e. The second-order valence-corrected chi connectivity index (χ2v) is 14.8. The van der Waals surface area contributed by atoms with E-state index >= 15 is 0 Å².